The first-order valence-corrected chi connectivity index (χ1v) is 5.19. The number of fused-ring (bicyclic) bond motifs is 2. The molecule has 1 N–H and O–H groups in total. The van der Waals surface area contributed by atoms with Crippen LogP contribution in [0.15, 0.2) is 0 Å². The lowest BCUT2D eigenvalue weighted by molar-refractivity contribution is 0.125. The molecule has 3 unspecified atom stereocenters. The summed E-state index contributed by atoms with van der Waals surface area (Å²) < 4.78 is 0. The highest BCUT2D eigenvalue weighted by Crippen LogP contribution is 2.65. The molecule has 2 rings (SSSR count). The van der Waals surface area contributed by atoms with Crippen LogP contribution in [-0.4, -0.2) is 13.1 Å². The van der Waals surface area contributed by atoms with Gasteiger partial charge in [0.2, 0.25) is 0 Å². The molecule has 0 aromatic carbocycles. The molecule has 13 heavy (non-hydrogen) atoms. The van der Waals surface area contributed by atoms with E-state index in [-0.39, 0.29) is 12.4 Å². The molecule has 0 aromatic heterocycles. The van der Waals surface area contributed by atoms with Gasteiger partial charge in [0, 0.05) is 6.04 Å². The Morgan fingerprint density at radius 2 is 1.85 bits per heavy atom. The SMILES string of the molecule is CNC1CC2CCC1(C)C2(C)C.Cl. The minimum absolute atomic E-state index is 0. The Morgan fingerprint density at radius 3 is 2.08 bits per heavy atom. The zero-order valence-electron chi connectivity index (χ0n) is 9.18. The lowest BCUT2D eigenvalue weighted by Gasteiger charge is -2.39. The maximum atomic E-state index is 3.49. The van der Waals surface area contributed by atoms with Crippen molar-refractivity contribution in [1.82, 2.24) is 5.32 Å². The molecule has 0 aliphatic heterocycles. The van der Waals surface area contributed by atoms with Crippen molar-refractivity contribution in [2.24, 2.45) is 16.7 Å². The summed E-state index contributed by atoms with van der Waals surface area (Å²) in [4.78, 5) is 0. The molecule has 2 fully saturated rings. The van der Waals surface area contributed by atoms with Gasteiger partial charge in [-0.3, -0.25) is 0 Å². The maximum absolute atomic E-state index is 3.49. The molecule has 2 aliphatic carbocycles. The van der Waals surface area contributed by atoms with E-state index in [1.807, 2.05) is 0 Å². The zero-order chi connectivity index (χ0) is 8.98. The van der Waals surface area contributed by atoms with Gasteiger partial charge in [0.25, 0.3) is 0 Å². The smallest absolute Gasteiger partial charge is 0.0126 e. The fourth-order valence-corrected chi connectivity index (χ4v) is 3.64. The van der Waals surface area contributed by atoms with Crippen molar-refractivity contribution in [3.63, 3.8) is 0 Å². The van der Waals surface area contributed by atoms with E-state index in [9.17, 15) is 0 Å². The predicted molar refractivity (Wildman–Crippen MR) is 59.3 cm³/mol. The van der Waals surface area contributed by atoms with E-state index in [1.54, 1.807) is 0 Å². The lowest BCUT2D eigenvalue weighted by Crippen LogP contribution is -2.42. The van der Waals surface area contributed by atoms with Gasteiger partial charge in [-0.2, -0.15) is 0 Å². The zero-order valence-corrected chi connectivity index (χ0v) is 10.0. The maximum Gasteiger partial charge on any atom is 0.0126 e. The molecule has 0 spiro atoms. The summed E-state index contributed by atoms with van der Waals surface area (Å²) in [5.41, 5.74) is 1.13. The molecule has 2 aliphatic rings. The Kier molecular flexibility index (Phi) is 2.73. The van der Waals surface area contributed by atoms with Crippen molar-refractivity contribution >= 4 is 12.4 Å². The van der Waals surface area contributed by atoms with Crippen LogP contribution in [-0.2, 0) is 0 Å². The first-order valence-electron chi connectivity index (χ1n) is 5.19. The summed E-state index contributed by atoms with van der Waals surface area (Å²) in [5, 5.41) is 3.49. The van der Waals surface area contributed by atoms with Gasteiger partial charge in [-0.05, 0) is 43.1 Å². The van der Waals surface area contributed by atoms with Crippen molar-refractivity contribution in [3.8, 4) is 0 Å². The Labute approximate surface area is 88.1 Å². The third-order valence-electron chi connectivity index (χ3n) is 5.14. The fraction of sp³-hybridized carbons (Fsp3) is 1.00. The number of rotatable bonds is 1. The standard InChI is InChI=1S/C11H21N.ClH/c1-10(2)8-5-6-11(10,3)9(7-8)12-4;/h8-9,12H,5-7H2,1-4H3;1H. The summed E-state index contributed by atoms with van der Waals surface area (Å²) in [6.45, 7) is 7.39. The van der Waals surface area contributed by atoms with E-state index in [1.165, 1.54) is 19.3 Å². The van der Waals surface area contributed by atoms with Crippen LogP contribution in [0.4, 0.5) is 0 Å². The molecular formula is C11H22ClN. The third-order valence-corrected chi connectivity index (χ3v) is 5.14. The molecule has 0 saturated heterocycles. The van der Waals surface area contributed by atoms with Gasteiger partial charge in [-0.25, -0.2) is 0 Å². The quantitative estimate of drug-likeness (QED) is 0.691. The van der Waals surface area contributed by atoms with E-state index in [0.29, 0.717) is 10.8 Å². The predicted octanol–water partition coefficient (Wildman–Crippen LogP) is 2.84. The molecule has 2 saturated carbocycles. The average Bonchev–Trinajstić information content (AvgIpc) is 2.34. The summed E-state index contributed by atoms with van der Waals surface area (Å²) in [6.07, 6.45) is 4.29. The normalized spacial score (nSPS) is 46.2. The monoisotopic (exact) mass is 203 g/mol. The third kappa shape index (κ3) is 1.16. The molecule has 1 nitrogen and oxygen atoms in total. The van der Waals surface area contributed by atoms with Crippen LogP contribution in [0, 0.1) is 16.7 Å². The Bertz CT molecular complexity index is 202. The number of hydrogen-bond acceptors (Lipinski definition) is 1. The highest BCUT2D eigenvalue weighted by Gasteiger charge is 2.60. The first-order chi connectivity index (χ1) is 5.52. The molecule has 0 radical (unpaired) electrons. The second kappa shape index (κ2) is 3.13. The van der Waals surface area contributed by atoms with Crippen molar-refractivity contribution in [2.75, 3.05) is 7.05 Å². The number of nitrogens with one attached hydrogen (secondary N) is 1. The Hall–Kier alpha value is 0.250. The van der Waals surface area contributed by atoms with Crippen LogP contribution < -0.4 is 5.32 Å². The van der Waals surface area contributed by atoms with Gasteiger partial charge in [-0.15, -0.1) is 12.4 Å². The lowest BCUT2D eigenvalue weighted by atomic mass is 9.69. The van der Waals surface area contributed by atoms with Crippen molar-refractivity contribution in [2.45, 2.75) is 46.1 Å². The second-order valence-electron chi connectivity index (χ2n) is 5.45. The number of hydrogen-bond donors (Lipinski definition) is 1. The van der Waals surface area contributed by atoms with Crippen molar-refractivity contribution < 1.29 is 0 Å². The van der Waals surface area contributed by atoms with Gasteiger partial charge in [0.15, 0.2) is 0 Å². The summed E-state index contributed by atoms with van der Waals surface area (Å²) in [6, 6.07) is 0.770. The van der Waals surface area contributed by atoms with Crippen molar-refractivity contribution in [1.29, 1.82) is 0 Å². The average molecular weight is 204 g/mol. The van der Waals surface area contributed by atoms with E-state index in [2.05, 4.69) is 33.1 Å². The summed E-state index contributed by atoms with van der Waals surface area (Å²) >= 11 is 0. The minimum Gasteiger partial charge on any atom is -0.316 e. The fourth-order valence-electron chi connectivity index (χ4n) is 3.64. The minimum atomic E-state index is 0. The molecule has 3 atom stereocenters. The highest BCUT2D eigenvalue weighted by molar-refractivity contribution is 5.85. The molecule has 2 bridgehead atoms. The van der Waals surface area contributed by atoms with E-state index >= 15 is 0 Å². The second-order valence-corrected chi connectivity index (χ2v) is 5.45. The molecule has 0 heterocycles. The van der Waals surface area contributed by atoms with Crippen LogP contribution in [0.2, 0.25) is 0 Å². The van der Waals surface area contributed by atoms with Crippen LogP contribution in [0.25, 0.3) is 0 Å². The highest BCUT2D eigenvalue weighted by atomic mass is 35.5. The molecule has 0 aromatic rings. The van der Waals surface area contributed by atoms with Gasteiger partial charge < -0.3 is 5.32 Å². The Morgan fingerprint density at radius 1 is 1.23 bits per heavy atom. The number of halogens is 1. The van der Waals surface area contributed by atoms with Crippen LogP contribution in [0.3, 0.4) is 0 Å². The van der Waals surface area contributed by atoms with Crippen LogP contribution in [0.1, 0.15) is 40.0 Å². The molecule has 2 heteroatoms. The van der Waals surface area contributed by atoms with Crippen molar-refractivity contribution in [3.05, 3.63) is 0 Å². The van der Waals surface area contributed by atoms with Gasteiger partial charge in [0.1, 0.15) is 0 Å². The first kappa shape index (κ1) is 11.3. The summed E-state index contributed by atoms with van der Waals surface area (Å²) in [7, 11) is 2.12. The van der Waals surface area contributed by atoms with Crippen LogP contribution in [0.5, 0.6) is 0 Å². The van der Waals surface area contributed by atoms with Gasteiger partial charge in [-0.1, -0.05) is 20.8 Å². The topological polar surface area (TPSA) is 12.0 Å². The molecule has 0 amide bonds. The van der Waals surface area contributed by atoms with Crippen LogP contribution >= 0.6 is 12.4 Å². The largest absolute Gasteiger partial charge is 0.316 e. The van der Waals surface area contributed by atoms with E-state index in [0.717, 1.165) is 12.0 Å². The van der Waals surface area contributed by atoms with Gasteiger partial charge in [0.05, 0.1) is 0 Å². The molecular weight excluding hydrogens is 182 g/mol. The summed E-state index contributed by atoms with van der Waals surface area (Å²) in [5.74, 6) is 0.972. The van der Waals surface area contributed by atoms with E-state index < -0.39 is 0 Å². The Balaban J connectivity index is 0.000000845. The molecule has 78 valence electrons. The van der Waals surface area contributed by atoms with Gasteiger partial charge >= 0.3 is 0 Å². The van der Waals surface area contributed by atoms with E-state index in [4.69, 9.17) is 0 Å².